The molecule has 2 aromatic rings. The van der Waals surface area contributed by atoms with Crippen molar-refractivity contribution < 1.29 is 19.1 Å². The lowest BCUT2D eigenvalue weighted by atomic mass is 10.1. The molecule has 3 rings (SSSR count). The van der Waals surface area contributed by atoms with Gasteiger partial charge in [0.05, 0.1) is 19.3 Å². The van der Waals surface area contributed by atoms with E-state index in [1.165, 1.54) is 22.3 Å². The maximum atomic E-state index is 12.5. The number of thiophene rings is 1. The number of hydrogen-bond acceptors (Lipinski definition) is 5. The highest BCUT2D eigenvalue weighted by atomic mass is 32.1. The molecule has 1 aliphatic rings. The largest absolute Gasteiger partial charge is 0.497 e. The van der Waals surface area contributed by atoms with Crippen LogP contribution in [-0.4, -0.2) is 25.6 Å². The number of nitrogens with one attached hydrogen (secondary N) is 1. The van der Waals surface area contributed by atoms with E-state index >= 15 is 0 Å². The molecule has 28 heavy (non-hydrogen) atoms. The maximum Gasteiger partial charge on any atom is 0.341 e. The third kappa shape index (κ3) is 4.81. The van der Waals surface area contributed by atoms with E-state index < -0.39 is 0 Å². The summed E-state index contributed by atoms with van der Waals surface area (Å²) in [4.78, 5) is 26.2. The van der Waals surface area contributed by atoms with Gasteiger partial charge >= 0.3 is 5.97 Å². The van der Waals surface area contributed by atoms with Gasteiger partial charge in [0.1, 0.15) is 10.8 Å². The molecular weight excluding hydrogens is 374 g/mol. The van der Waals surface area contributed by atoms with Gasteiger partial charge < -0.3 is 14.8 Å². The van der Waals surface area contributed by atoms with Crippen LogP contribution in [0.2, 0.25) is 0 Å². The van der Waals surface area contributed by atoms with Crippen molar-refractivity contribution >= 4 is 34.3 Å². The average Bonchev–Trinajstić information content (AvgIpc) is 2.87. The van der Waals surface area contributed by atoms with Gasteiger partial charge in [-0.2, -0.15) is 0 Å². The van der Waals surface area contributed by atoms with Crippen molar-refractivity contribution in [1.82, 2.24) is 0 Å². The number of esters is 1. The van der Waals surface area contributed by atoms with Crippen LogP contribution in [0.15, 0.2) is 30.3 Å². The predicted molar refractivity (Wildman–Crippen MR) is 112 cm³/mol. The Kier molecular flexibility index (Phi) is 6.87. The minimum atomic E-state index is -0.351. The fourth-order valence-electron chi connectivity index (χ4n) is 3.29. The molecule has 0 bridgehead atoms. The van der Waals surface area contributed by atoms with Crippen molar-refractivity contribution in [2.24, 2.45) is 0 Å². The molecule has 1 amide bonds. The van der Waals surface area contributed by atoms with Crippen molar-refractivity contribution in [3.63, 3.8) is 0 Å². The van der Waals surface area contributed by atoms with Crippen molar-refractivity contribution in [1.29, 1.82) is 0 Å². The lowest BCUT2D eigenvalue weighted by molar-refractivity contribution is -0.111. The molecular formula is C22H25NO4S. The van der Waals surface area contributed by atoms with E-state index in [-0.39, 0.29) is 11.9 Å². The zero-order valence-corrected chi connectivity index (χ0v) is 17.1. The number of fused-ring (bicyclic) bond motifs is 1. The fourth-order valence-corrected chi connectivity index (χ4v) is 4.57. The Hall–Kier alpha value is -2.60. The van der Waals surface area contributed by atoms with Crippen LogP contribution in [0.5, 0.6) is 5.75 Å². The Morgan fingerprint density at radius 1 is 1.14 bits per heavy atom. The highest BCUT2D eigenvalue weighted by Gasteiger charge is 2.26. The number of rotatable bonds is 6. The number of aryl methyl sites for hydroxylation is 1. The van der Waals surface area contributed by atoms with E-state index in [0.29, 0.717) is 17.2 Å². The SMILES string of the molecule is CCOC(=O)c1c(NC(=O)/C=C/c2ccc(OC)cc2)sc2c1CCCCC2. The Labute approximate surface area is 169 Å². The smallest absolute Gasteiger partial charge is 0.341 e. The van der Waals surface area contributed by atoms with Crippen LogP contribution in [0.3, 0.4) is 0 Å². The van der Waals surface area contributed by atoms with Gasteiger partial charge in [-0.1, -0.05) is 18.6 Å². The summed E-state index contributed by atoms with van der Waals surface area (Å²) in [5.41, 5.74) is 2.48. The van der Waals surface area contributed by atoms with Crippen LogP contribution in [0.4, 0.5) is 5.00 Å². The Morgan fingerprint density at radius 3 is 2.61 bits per heavy atom. The van der Waals surface area contributed by atoms with Gasteiger partial charge in [0.15, 0.2) is 0 Å². The van der Waals surface area contributed by atoms with Crippen molar-refractivity contribution in [2.45, 2.75) is 39.0 Å². The second-order valence-electron chi connectivity index (χ2n) is 6.58. The fraction of sp³-hybridized carbons (Fsp3) is 0.364. The van der Waals surface area contributed by atoms with Crippen LogP contribution in [0, 0.1) is 0 Å². The summed E-state index contributed by atoms with van der Waals surface area (Å²) in [6, 6.07) is 7.43. The third-order valence-corrected chi connectivity index (χ3v) is 5.89. The molecule has 1 N–H and O–H groups in total. The predicted octanol–water partition coefficient (Wildman–Crippen LogP) is 4.85. The highest BCUT2D eigenvalue weighted by molar-refractivity contribution is 7.17. The zero-order chi connectivity index (χ0) is 19.9. The molecule has 1 aromatic heterocycles. The molecule has 0 aliphatic heterocycles. The molecule has 1 heterocycles. The summed E-state index contributed by atoms with van der Waals surface area (Å²) in [6.45, 7) is 2.10. The van der Waals surface area contributed by atoms with Crippen molar-refractivity contribution in [3.05, 3.63) is 51.9 Å². The third-order valence-electron chi connectivity index (χ3n) is 4.68. The average molecular weight is 400 g/mol. The molecule has 6 heteroatoms. The van der Waals surface area contributed by atoms with Gasteiger partial charge in [0.2, 0.25) is 5.91 Å². The highest BCUT2D eigenvalue weighted by Crippen LogP contribution is 2.38. The van der Waals surface area contributed by atoms with Gasteiger partial charge in [-0.15, -0.1) is 11.3 Å². The zero-order valence-electron chi connectivity index (χ0n) is 16.2. The molecule has 0 spiro atoms. The van der Waals surface area contributed by atoms with Crippen molar-refractivity contribution in [3.8, 4) is 5.75 Å². The number of anilines is 1. The van der Waals surface area contributed by atoms with E-state index in [1.807, 2.05) is 24.3 Å². The Morgan fingerprint density at radius 2 is 1.89 bits per heavy atom. The van der Waals surface area contributed by atoms with E-state index in [4.69, 9.17) is 9.47 Å². The van der Waals surface area contributed by atoms with Crippen molar-refractivity contribution in [2.75, 3.05) is 19.0 Å². The first-order valence-electron chi connectivity index (χ1n) is 9.57. The van der Waals surface area contributed by atoms with Crippen LogP contribution >= 0.6 is 11.3 Å². The number of hydrogen-bond donors (Lipinski definition) is 1. The first-order chi connectivity index (χ1) is 13.6. The summed E-state index contributed by atoms with van der Waals surface area (Å²) in [6.07, 6.45) is 8.35. The quantitative estimate of drug-likeness (QED) is 0.428. The monoisotopic (exact) mass is 399 g/mol. The normalized spacial score (nSPS) is 13.6. The first-order valence-corrected chi connectivity index (χ1v) is 10.4. The van der Waals surface area contributed by atoms with Crippen LogP contribution in [-0.2, 0) is 22.4 Å². The van der Waals surface area contributed by atoms with Gasteiger partial charge in [0, 0.05) is 11.0 Å². The molecule has 1 aromatic carbocycles. The standard InChI is InChI=1S/C22H25NO4S/c1-3-27-22(25)20-17-7-5-4-6-8-18(17)28-21(20)23-19(24)14-11-15-9-12-16(26-2)13-10-15/h9-14H,3-8H2,1-2H3,(H,23,24)/b14-11+. The van der Waals surface area contributed by atoms with Gasteiger partial charge in [-0.05, 0) is 61.9 Å². The molecule has 0 saturated carbocycles. The number of benzene rings is 1. The van der Waals surface area contributed by atoms with Gasteiger partial charge in [0.25, 0.3) is 0 Å². The molecule has 0 unspecified atom stereocenters. The summed E-state index contributed by atoms with van der Waals surface area (Å²) >= 11 is 1.50. The van der Waals surface area contributed by atoms with E-state index in [9.17, 15) is 9.59 Å². The van der Waals surface area contributed by atoms with Crippen LogP contribution < -0.4 is 10.1 Å². The molecule has 0 atom stereocenters. The maximum absolute atomic E-state index is 12.5. The minimum absolute atomic E-state index is 0.266. The van der Waals surface area contributed by atoms with Crippen LogP contribution in [0.25, 0.3) is 6.08 Å². The van der Waals surface area contributed by atoms with Crippen LogP contribution in [0.1, 0.15) is 52.5 Å². The van der Waals surface area contributed by atoms with Gasteiger partial charge in [-0.3, -0.25) is 4.79 Å². The molecule has 0 radical (unpaired) electrons. The topological polar surface area (TPSA) is 64.6 Å². The number of methoxy groups -OCH3 is 1. The molecule has 1 aliphatic carbocycles. The molecule has 148 valence electrons. The minimum Gasteiger partial charge on any atom is -0.497 e. The number of ether oxygens (including phenoxy) is 2. The van der Waals surface area contributed by atoms with Gasteiger partial charge in [-0.25, -0.2) is 4.79 Å². The van der Waals surface area contributed by atoms with E-state index in [0.717, 1.165) is 49.0 Å². The lowest BCUT2D eigenvalue weighted by Gasteiger charge is -2.07. The number of carbonyl (C=O) groups is 2. The number of carbonyl (C=O) groups excluding carboxylic acids is 2. The molecule has 5 nitrogen and oxygen atoms in total. The van der Waals surface area contributed by atoms with E-state index in [1.54, 1.807) is 20.1 Å². The van der Waals surface area contributed by atoms with E-state index in [2.05, 4.69) is 5.32 Å². The second kappa shape index (κ2) is 9.55. The summed E-state index contributed by atoms with van der Waals surface area (Å²) < 4.78 is 10.4. The lowest BCUT2D eigenvalue weighted by Crippen LogP contribution is -2.13. The number of amides is 1. The molecule has 0 fully saturated rings. The molecule has 0 saturated heterocycles. The summed E-state index contributed by atoms with van der Waals surface area (Å²) in [7, 11) is 1.61. The summed E-state index contributed by atoms with van der Waals surface area (Å²) in [5.74, 6) is 0.148. The Balaban J connectivity index is 1.79. The first kappa shape index (κ1) is 20.1. The Bertz CT molecular complexity index is 867. The second-order valence-corrected chi connectivity index (χ2v) is 7.69. The summed E-state index contributed by atoms with van der Waals surface area (Å²) in [5, 5.41) is 3.48.